The van der Waals surface area contributed by atoms with E-state index in [1.54, 1.807) is 34.9 Å². The Morgan fingerprint density at radius 3 is 2.23 bits per heavy atom. The molecule has 276 valence electrons. The molecule has 3 aromatic carbocycles. The van der Waals surface area contributed by atoms with Gasteiger partial charge in [-0.3, -0.25) is 9.36 Å². The van der Waals surface area contributed by atoms with E-state index in [1.165, 1.54) is 32.8 Å². The first-order valence-electron chi connectivity index (χ1n) is 18.5. The fraction of sp³-hybridized carbons (Fsp3) is 0.488. The average molecular weight is 713 g/mol. The summed E-state index contributed by atoms with van der Waals surface area (Å²) in [4.78, 5) is 26.9. The van der Waals surface area contributed by atoms with Crippen molar-refractivity contribution in [2.24, 2.45) is 28.2 Å². The number of benzene rings is 3. The van der Waals surface area contributed by atoms with Crippen LogP contribution in [0.2, 0.25) is 0 Å². The van der Waals surface area contributed by atoms with Crippen LogP contribution in [-0.4, -0.2) is 66.9 Å². The van der Waals surface area contributed by atoms with Crippen molar-refractivity contribution in [1.82, 2.24) is 19.8 Å². The lowest BCUT2D eigenvalue weighted by atomic mass is 9.45. The van der Waals surface area contributed by atoms with E-state index in [0.29, 0.717) is 75.4 Å². The molecule has 11 heteroatoms. The molecular weight excluding hydrogens is 662 g/mol. The lowest BCUT2D eigenvalue weighted by molar-refractivity contribution is -0.108. The molecule has 4 aliphatic rings. The number of rotatable bonds is 10. The van der Waals surface area contributed by atoms with E-state index in [4.69, 9.17) is 19.5 Å². The maximum atomic E-state index is 15.0. The monoisotopic (exact) mass is 712 g/mol. The second-order valence-electron chi connectivity index (χ2n) is 15.2. The van der Waals surface area contributed by atoms with Crippen LogP contribution in [-0.2, 0) is 25.8 Å². The molecule has 1 saturated heterocycles. The van der Waals surface area contributed by atoms with Crippen LogP contribution in [0.1, 0.15) is 50.6 Å². The van der Waals surface area contributed by atoms with Crippen LogP contribution >= 0.6 is 0 Å². The Morgan fingerprint density at radius 1 is 0.942 bits per heavy atom. The molecule has 52 heavy (non-hydrogen) atoms. The Balaban J connectivity index is 1.21. The van der Waals surface area contributed by atoms with Gasteiger partial charge in [0.25, 0.3) is 5.56 Å². The van der Waals surface area contributed by atoms with Gasteiger partial charge in [0.15, 0.2) is 5.96 Å². The van der Waals surface area contributed by atoms with Crippen molar-refractivity contribution in [2.75, 3.05) is 45.7 Å². The lowest BCUT2D eigenvalue weighted by Gasteiger charge is -2.61. The first kappa shape index (κ1) is 35.9. The molecule has 2 heterocycles. The summed E-state index contributed by atoms with van der Waals surface area (Å²) in [5, 5.41) is 7.55. The van der Waals surface area contributed by atoms with E-state index in [0.717, 1.165) is 44.2 Å². The van der Waals surface area contributed by atoms with Crippen molar-refractivity contribution in [1.29, 1.82) is 0 Å². The number of methoxy groups -OCH3 is 2. The van der Waals surface area contributed by atoms with Gasteiger partial charge in [-0.2, -0.15) is 0 Å². The summed E-state index contributed by atoms with van der Waals surface area (Å²) >= 11 is 0. The van der Waals surface area contributed by atoms with Gasteiger partial charge in [0.2, 0.25) is 0 Å². The van der Waals surface area contributed by atoms with Crippen LogP contribution in [0.5, 0.6) is 11.5 Å². The van der Waals surface area contributed by atoms with Gasteiger partial charge < -0.3 is 25.0 Å². The van der Waals surface area contributed by atoms with E-state index in [2.05, 4.69) is 36.3 Å². The number of aryl methyl sites for hydroxylation is 3. The van der Waals surface area contributed by atoms with Crippen molar-refractivity contribution >= 4 is 22.5 Å². The number of hydrogen-bond acceptors (Lipinski definition) is 6. The van der Waals surface area contributed by atoms with Gasteiger partial charge in [-0.25, -0.2) is 18.8 Å². The maximum Gasteiger partial charge on any atom is 0.261 e. The molecule has 1 aliphatic heterocycles. The highest BCUT2D eigenvalue weighted by molar-refractivity contribution is 5.96. The van der Waals surface area contributed by atoms with E-state index in [-0.39, 0.29) is 30.4 Å². The molecule has 1 aromatic heterocycles. The summed E-state index contributed by atoms with van der Waals surface area (Å²) < 4.78 is 41.8. The van der Waals surface area contributed by atoms with Gasteiger partial charge in [0, 0.05) is 57.0 Å². The number of nitrogens with zero attached hydrogens (tertiary/aromatic N) is 4. The van der Waals surface area contributed by atoms with E-state index in [1.807, 2.05) is 12.1 Å². The second kappa shape index (κ2) is 14.8. The highest BCUT2D eigenvalue weighted by Gasteiger charge is 2.56. The summed E-state index contributed by atoms with van der Waals surface area (Å²) in [6.45, 7) is 10.9. The number of nitrogens with one attached hydrogen (secondary N) is 2. The zero-order valence-electron chi connectivity index (χ0n) is 30.8. The van der Waals surface area contributed by atoms with Crippen molar-refractivity contribution in [3.05, 3.63) is 93.5 Å². The Hall–Kier alpha value is -4.51. The third kappa shape index (κ3) is 7.12. The standard InChI is InChI=1S/C41H50F2N6O3/c1-25-33-20-28(41(33,2)3)21-36(25)47-40(48-18-15-44-16-19-48)45-29-9-12-32-37(22-29)46-38(13-8-26-6-10-30(51-4)23-34(26)42)49(39(32)50)17-14-27-7-11-31(52-5)24-35(27)43/h6-7,9-12,22-25,28,33,36,44H,8,13-21H2,1-5H3,(H,45,47)/t25-,28?,33-,36?/m0/s1. The number of hydrogen-bond donors (Lipinski definition) is 2. The number of anilines is 1. The van der Waals surface area contributed by atoms with Crippen LogP contribution in [0.4, 0.5) is 14.5 Å². The summed E-state index contributed by atoms with van der Waals surface area (Å²) in [7, 11) is 2.99. The maximum absolute atomic E-state index is 15.0. The SMILES string of the molecule is COc1ccc(CCc2nc3cc(NC(=NC4CC5C[C@@H]([C@@H]4C)C5(C)C)N4CCNCC4)ccc3c(=O)n2CCc2ccc(OC)cc2F)c(F)c1. The lowest BCUT2D eigenvalue weighted by Crippen LogP contribution is -2.57. The molecule has 0 spiro atoms. The zero-order valence-corrected chi connectivity index (χ0v) is 30.8. The Morgan fingerprint density at radius 2 is 1.62 bits per heavy atom. The Bertz CT molecular complexity index is 2020. The smallest absolute Gasteiger partial charge is 0.261 e. The van der Waals surface area contributed by atoms with Crippen LogP contribution in [0.15, 0.2) is 64.4 Å². The zero-order chi connectivity index (χ0) is 36.6. The molecule has 3 aliphatic carbocycles. The molecule has 4 atom stereocenters. The molecule has 8 rings (SSSR count). The van der Waals surface area contributed by atoms with Crippen molar-refractivity contribution in [3.63, 3.8) is 0 Å². The predicted octanol–water partition coefficient (Wildman–Crippen LogP) is 6.46. The van der Waals surface area contributed by atoms with Gasteiger partial charge >= 0.3 is 0 Å². The van der Waals surface area contributed by atoms with Gasteiger partial charge in [0.1, 0.15) is 29.0 Å². The number of halogens is 2. The minimum Gasteiger partial charge on any atom is -0.497 e. The highest BCUT2D eigenvalue weighted by Crippen LogP contribution is 2.61. The topological polar surface area (TPSA) is 93.0 Å². The first-order chi connectivity index (χ1) is 25.0. The summed E-state index contributed by atoms with van der Waals surface area (Å²) in [5.41, 5.74) is 2.46. The fourth-order valence-electron chi connectivity index (χ4n) is 8.61. The van der Waals surface area contributed by atoms with Gasteiger partial charge in [0.05, 0.1) is 31.2 Å². The third-order valence-corrected chi connectivity index (χ3v) is 12.1. The van der Waals surface area contributed by atoms with Gasteiger partial charge in [-0.05, 0) is 90.3 Å². The number of fused-ring (bicyclic) bond motifs is 3. The Labute approximate surface area is 304 Å². The van der Waals surface area contributed by atoms with E-state index >= 15 is 0 Å². The van der Waals surface area contributed by atoms with Crippen molar-refractivity contribution in [2.45, 2.75) is 65.5 Å². The average Bonchev–Trinajstić information content (AvgIpc) is 3.14. The number of aromatic nitrogens is 2. The minimum atomic E-state index is -0.399. The van der Waals surface area contributed by atoms with E-state index in [9.17, 15) is 13.6 Å². The molecule has 2 N–H and O–H groups in total. The quantitative estimate of drug-likeness (QED) is 0.144. The second-order valence-corrected chi connectivity index (χ2v) is 15.2. The minimum absolute atomic E-state index is 0.212. The van der Waals surface area contributed by atoms with Crippen molar-refractivity contribution in [3.8, 4) is 11.5 Å². The predicted molar refractivity (Wildman–Crippen MR) is 201 cm³/mol. The molecule has 3 saturated carbocycles. The molecule has 2 bridgehead atoms. The number of aliphatic imine (C=N–C) groups is 1. The number of ether oxygens (including phenoxy) is 2. The molecular formula is C41H50F2N6O3. The molecule has 4 aromatic rings. The summed E-state index contributed by atoms with van der Waals surface area (Å²) in [6, 6.07) is 15.4. The first-order valence-corrected chi connectivity index (χ1v) is 18.5. The number of guanidine groups is 1. The van der Waals surface area contributed by atoms with Crippen LogP contribution < -0.4 is 25.7 Å². The Kier molecular flexibility index (Phi) is 10.2. The van der Waals surface area contributed by atoms with Gasteiger partial charge in [-0.1, -0.05) is 32.9 Å². The van der Waals surface area contributed by atoms with Crippen LogP contribution in [0, 0.1) is 34.8 Å². The van der Waals surface area contributed by atoms with Crippen molar-refractivity contribution < 1.29 is 18.3 Å². The summed E-state index contributed by atoms with van der Waals surface area (Å²) in [6.07, 6.45) is 3.30. The largest absolute Gasteiger partial charge is 0.497 e. The summed E-state index contributed by atoms with van der Waals surface area (Å²) in [5.74, 6) is 3.34. The van der Waals surface area contributed by atoms with Crippen LogP contribution in [0.3, 0.4) is 0 Å². The molecule has 2 unspecified atom stereocenters. The molecule has 4 fully saturated rings. The highest BCUT2D eigenvalue weighted by atomic mass is 19.1. The fourth-order valence-corrected chi connectivity index (χ4v) is 8.61. The normalized spacial score (nSPS) is 22.6. The van der Waals surface area contributed by atoms with Gasteiger partial charge in [-0.15, -0.1) is 0 Å². The third-order valence-electron chi connectivity index (χ3n) is 12.1. The number of piperazine rings is 1. The van der Waals surface area contributed by atoms with Crippen LogP contribution in [0.25, 0.3) is 10.9 Å². The molecule has 0 amide bonds. The molecule has 0 radical (unpaired) electrons. The molecule has 9 nitrogen and oxygen atoms in total. The van der Waals surface area contributed by atoms with E-state index < -0.39 is 5.82 Å².